The largest absolute Gasteiger partial charge is 0.491 e. The predicted molar refractivity (Wildman–Crippen MR) is 118 cm³/mol. The predicted octanol–water partition coefficient (Wildman–Crippen LogP) is 3.32. The highest BCUT2D eigenvalue weighted by Gasteiger charge is 2.46. The Morgan fingerprint density at radius 3 is 2.12 bits per heavy atom. The zero-order valence-corrected chi connectivity index (χ0v) is 18.3. The third kappa shape index (κ3) is 5.72. The highest BCUT2D eigenvalue weighted by atomic mass is 16.7. The topological polar surface area (TPSA) is 86.6 Å². The van der Waals surface area contributed by atoms with E-state index < -0.39 is 30.7 Å². The minimum absolute atomic E-state index is 0.0715. The van der Waals surface area contributed by atoms with E-state index in [1.165, 1.54) is 26.4 Å². The standard InChI is InChI=1S/C25H32O7/c1-28-25-24(23(27)22(26)21(32-25)16-29-17-8-4-2-5-9-17)31-20-14-12-19(13-15-20)30-18-10-6-3-7-11-18/h2,4-5,8-9,12-15,18,21-27H,3,6-7,10-11,16H2,1H3/t21-,22-,23+,24-,25+/m1/s1. The average molecular weight is 445 g/mol. The van der Waals surface area contributed by atoms with Crippen molar-refractivity contribution in [2.75, 3.05) is 13.7 Å². The summed E-state index contributed by atoms with van der Waals surface area (Å²) in [6.45, 7) is 0.0715. The monoisotopic (exact) mass is 444 g/mol. The summed E-state index contributed by atoms with van der Waals surface area (Å²) in [4.78, 5) is 0. The lowest BCUT2D eigenvalue weighted by Gasteiger charge is -2.41. The SMILES string of the molecule is CO[C@H]1O[C@H](COc2ccccc2)[C@@H](O)[C@H](O)[C@H]1Oc1ccc(OC2CCCCC2)cc1. The normalized spacial score (nSPS) is 28.8. The second-order valence-corrected chi connectivity index (χ2v) is 8.32. The molecule has 7 nitrogen and oxygen atoms in total. The number of benzene rings is 2. The average Bonchev–Trinajstić information content (AvgIpc) is 2.84. The molecule has 1 saturated heterocycles. The lowest BCUT2D eigenvalue weighted by Crippen LogP contribution is -2.61. The van der Waals surface area contributed by atoms with E-state index in [2.05, 4.69) is 0 Å². The molecular formula is C25H32O7. The van der Waals surface area contributed by atoms with Crippen molar-refractivity contribution in [3.63, 3.8) is 0 Å². The fourth-order valence-electron chi connectivity index (χ4n) is 4.18. The molecule has 0 amide bonds. The third-order valence-corrected chi connectivity index (χ3v) is 5.99. The van der Waals surface area contributed by atoms with E-state index in [-0.39, 0.29) is 12.7 Å². The summed E-state index contributed by atoms with van der Waals surface area (Å²) < 4.78 is 28.9. The van der Waals surface area contributed by atoms with Gasteiger partial charge < -0.3 is 33.9 Å². The van der Waals surface area contributed by atoms with Gasteiger partial charge in [-0.1, -0.05) is 24.6 Å². The molecule has 2 aromatic rings. The summed E-state index contributed by atoms with van der Waals surface area (Å²) in [7, 11) is 1.47. The summed E-state index contributed by atoms with van der Waals surface area (Å²) in [6.07, 6.45) is 1.23. The zero-order chi connectivity index (χ0) is 22.3. The minimum atomic E-state index is -1.21. The Kier molecular flexibility index (Phi) is 7.86. The molecule has 2 aliphatic rings. The van der Waals surface area contributed by atoms with Crippen molar-refractivity contribution in [2.24, 2.45) is 0 Å². The molecule has 7 heteroatoms. The minimum Gasteiger partial charge on any atom is -0.491 e. The molecule has 1 aliphatic carbocycles. The number of methoxy groups -OCH3 is 1. The Morgan fingerprint density at radius 1 is 0.812 bits per heavy atom. The summed E-state index contributed by atoms with van der Waals surface area (Å²) in [6, 6.07) is 16.5. The van der Waals surface area contributed by atoms with Crippen LogP contribution in [0.5, 0.6) is 17.2 Å². The molecule has 174 valence electrons. The molecule has 0 radical (unpaired) electrons. The van der Waals surface area contributed by atoms with E-state index in [1.807, 2.05) is 42.5 Å². The van der Waals surface area contributed by atoms with Crippen LogP contribution in [0.3, 0.4) is 0 Å². The number of hydrogen-bond donors (Lipinski definition) is 2. The van der Waals surface area contributed by atoms with Crippen LogP contribution < -0.4 is 14.2 Å². The van der Waals surface area contributed by atoms with E-state index in [0.29, 0.717) is 11.5 Å². The van der Waals surface area contributed by atoms with Crippen molar-refractivity contribution in [2.45, 2.75) is 68.9 Å². The molecule has 4 rings (SSSR count). The lowest BCUT2D eigenvalue weighted by atomic mass is 9.98. The maximum atomic E-state index is 10.7. The van der Waals surface area contributed by atoms with E-state index in [4.69, 9.17) is 23.7 Å². The Hall–Kier alpha value is -2.32. The molecule has 32 heavy (non-hydrogen) atoms. The number of hydrogen-bond acceptors (Lipinski definition) is 7. The highest BCUT2D eigenvalue weighted by Crippen LogP contribution is 2.29. The highest BCUT2D eigenvalue weighted by molar-refractivity contribution is 5.32. The van der Waals surface area contributed by atoms with Gasteiger partial charge in [0.05, 0.1) is 6.10 Å². The summed E-state index contributed by atoms with van der Waals surface area (Å²) in [5, 5.41) is 21.3. The smallest absolute Gasteiger partial charge is 0.197 e. The number of para-hydroxylation sites is 1. The van der Waals surface area contributed by atoms with Gasteiger partial charge in [0.1, 0.15) is 42.2 Å². The van der Waals surface area contributed by atoms with Gasteiger partial charge in [0, 0.05) is 7.11 Å². The van der Waals surface area contributed by atoms with Crippen LogP contribution in [0, 0.1) is 0 Å². The Balaban J connectivity index is 1.34. The van der Waals surface area contributed by atoms with Crippen LogP contribution in [0.2, 0.25) is 0 Å². The van der Waals surface area contributed by atoms with Crippen LogP contribution in [0.25, 0.3) is 0 Å². The molecule has 0 aromatic heterocycles. The zero-order valence-electron chi connectivity index (χ0n) is 18.3. The molecule has 1 saturated carbocycles. The van der Waals surface area contributed by atoms with Crippen molar-refractivity contribution in [1.82, 2.24) is 0 Å². The molecular weight excluding hydrogens is 412 g/mol. The van der Waals surface area contributed by atoms with Crippen LogP contribution >= 0.6 is 0 Å². The first-order valence-corrected chi connectivity index (χ1v) is 11.3. The molecule has 1 heterocycles. The first kappa shape index (κ1) is 22.9. The van der Waals surface area contributed by atoms with Gasteiger partial charge in [-0.05, 0) is 62.1 Å². The Morgan fingerprint density at radius 2 is 1.47 bits per heavy atom. The quantitative estimate of drug-likeness (QED) is 0.646. The van der Waals surface area contributed by atoms with E-state index in [9.17, 15) is 10.2 Å². The maximum Gasteiger partial charge on any atom is 0.197 e. The first-order valence-electron chi connectivity index (χ1n) is 11.3. The van der Waals surface area contributed by atoms with Crippen LogP contribution in [0.4, 0.5) is 0 Å². The van der Waals surface area contributed by atoms with Crippen LogP contribution in [-0.4, -0.2) is 60.7 Å². The summed E-state index contributed by atoms with van der Waals surface area (Å²) in [5.41, 5.74) is 0. The molecule has 2 aromatic carbocycles. The van der Waals surface area contributed by atoms with Gasteiger partial charge in [-0.2, -0.15) is 0 Å². The lowest BCUT2D eigenvalue weighted by molar-refractivity contribution is -0.287. The first-order chi connectivity index (χ1) is 15.6. The summed E-state index contributed by atoms with van der Waals surface area (Å²) in [5.74, 6) is 1.98. The van der Waals surface area contributed by atoms with Gasteiger partial charge in [-0.15, -0.1) is 0 Å². The van der Waals surface area contributed by atoms with E-state index in [1.54, 1.807) is 12.1 Å². The molecule has 1 aliphatic heterocycles. The van der Waals surface area contributed by atoms with Crippen molar-refractivity contribution >= 4 is 0 Å². The van der Waals surface area contributed by atoms with Gasteiger partial charge in [0.25, 0.3) is 0 Å². The fourth-order valence-corrected chi connectivity index (χ4v) is 4.18. The van der Waals surface area contributed by atoms with Gasteiger partial charge in [-0.3, -0.25) is 0 Å². The Labute approximate surface area is 188 Å². The number of rotatable bonds is 8. The van der Waals surface area contributed by atoms with Gasteiger partial charge >= 0.3 is 0 Å². The number of ether oxygens (including phenoxy) is 5. The molecule has 2 N–H and O–H groups in total. The van der Waals surface area contributed by atoms with Crippen LogP contribution in [-0.2, 0) is 9.47 Å². The molecule has 0 bridgehead atoms. The second kappa shape index (κ2) is 11.0. The van der Waals surface area contributed by atoms with Gasteiger partial charge in [0.15, 0.2) is 12.4 Å². The van der Waals surface area contributed by atoms with E-state index >= 15 is 0 Å². The second-order valence-electron chi connectivity index (χ2n) is 8.32. The number of aliphatic hydroxyl groups is 2. The number of aliphatic hydroxyl groups excluding tert-OH is 2. The Bertz CT molecular complexity index is 805. The van der Waals surface area contributed by atoms with E-state index in [0.717, 1.165) is 18.6 Å². The molecule has 0 unspecified atom stereocenters. The summed E-state index contributed by atoms with van der Waals surface area (Å²) >= 11 is 0. The molecule has 2 fully saturated rings. The third-order valence-electron chi connectivity index (χ3n) is 5.99. The van der Waals surface area contributed by atoms with Crippen molar-refractivity contribution in [3.05, 3.63) is 54.6 Å². The maximum absolute atomic E-state index is 10.7. The van der Waals surface area contributed by atoms with Crippen molar-refractivity contribution in [3.8, 4) is 17.2 Å². The molecule has 0 spiro atoms. The van der Waals surface area contributed by atoms with Crippen LogP contribution in [0.1, 0.15) is 32.1 Å². The molecule has 5 atom stereocenters. The van der Waals surface area contributed by atoms with Gasteiger partial charge in [0.2, 0.25) is 0 Å². The van der Waals surface area contributed by atoms with Crippen LogP contribution in [0.15, 0.2) is 54.6 Å². The van der Waals surface area contributed by atoms with Crippen molar-refractivity contribution < 1.29 is 33.9 Å². The fraction of sp³-hybridized carbons (Fsp3) is 0.520. The van der Waals surface area contributed by atoms with Gasteiger partial charge in [-0.25, -0.2) is 0 Å². The van der Waals surface area contributed by atoms with Crippen molar-refractivity contribution in [1.29, 1.82) is 0 Å².